The Bertz CT molecular complexity index is 6260. The highest BCUT2D eigenvalue weighted by molar-refractivity contribution is 5.90. The van der Waals surface area contributed by atoms with E-state index in [1.807, 2.05) is 186 Å². The van der Waals surface area contributed by atoms with Gasteiger partial charge in [-0.05, 0) is 194 Å². The molecule has 606 valence electrons. The highest BCUT2D eigenvalue weighted by Crippen LogP contribution is 2.37. The van der Waals surface area contributed by atoms with Crippen LogP contribution in [0.4, 0.5) is 57.2 Å². The van der Waals surface area contributed by atoms with Gasteiger partial charge in [-0.1, -0.05) is 6.58 Å². The van der Waals surface area contributed by atoms with E-state index in [-0.39, 0.29) is 30.1 Å². The molecule has 12 heterocycles. The van der Waals surface area contributed by atoms with Crippen molar-refractivity contribution in [2.24, 2.45) is 26.9 Å². The topological polar surface area (TPSA) is 375 Å². The van der Waals surface area contributed by atoms with Crippen LogP contribution in [0.15, 0.2) is 178 Å². The first kappa shape index (κ1) is 78.5. The molecule has 3 fully saturated rings. The number of alkyl carbamates (subject to hydrolysis) is 1. The van der Waals surface area contributed by atoms with E-state index in [0.29, 0.717) is 81.5 Å². The second-order valence-electron chi connectivity index (χ2n) is 30.7. The molecule has 9 aromatic heterocycles. The number of aromatic nitrogens is 18. The standard InChI is InChI=1S/C31H35N9O3.C29H29N9O2.C26H27N9O/c1-19-14-21(6-9-26(19)42-22-7-8-25-23(15-22)35-18-39(25)5)36-28-27-24(33-17-34-28)16-32-29(38-27)40-12-10-20(11-13-40)37-30(41)43-31(2,3)4;1-4-26(39)34-19-9-11-38(12-10-19)29-30-15-23-27(36-29)28(32-16-31-23)35-20-5-8-25(18(2)13-20)40-21-6-7-24-22(14-21)33-17-37(24)3;1-16-11-18(3-6-23(16)36-19-4-5-22-20(12-19)31-15-34(22)2)32-25-24-21(29-14-30-25)13-28-26(33-24)35-9-7-17(27)8-10-35/h6-9,14-18,20H,10-13H2,1-5H3,(H,37,41)(H,33,34,36);4-8,13-17,19H,1,9-12H2,2-3H3,(H,34,39)(H,31,32,35);3-6,11-15,17H,7-10,27H2,1-2H3,(H,29,30,32). The maximum atomic E-state index is 12.2. The summed E-state index contributed by atoms with van der Waals surface area (Å²) in [6.07, 6.45) is 21.0. The SMILES string of the molecule is C=CC(=O)NC1CCN(c2ncc3ncnc(Nc4ccc(Oc5ccc6c(c5)ncn6C)c(C)c4)c3n2)CC1.Cc1cc(Nc2ncnc3cnc(N4CCC(N)CC4)nc23)ccc1Oc1ccc2c(c1)ncn2C.Cc1cc(Nc2ncnc3cnc(N4CCC(NC(=O)OC(C)(C)C)CC4)nc23)ccc1Oc1ccc2c(c1)ncn2C. The molecule has 18 rings (SSSR count). The van der Waals surface area contributed by atoms with Gasteiger partial charge >= 0.3 is 6.09 Å². The van der Waals surface area contributed by atoms with Crippen LogP contribution >= 0.6 is 0 Å². The number of ether oxygens (including phenoxy) is 4. The van der Waals surface area contributed by atoms with Crippen LogP contribution in [0.3, 0.4) is 0 Å². The molecule has 3 aliphatic heterocycles. The van der Waals surface area contributed by atoms with Crippen LogP contribution in [-0.4, -0.2) is 163 Å². The van der Waals surface area contributed by atoms with Gasteiger partial charge in [0.05, 0.1) is 70.7 Å². The number of nitrogens with zero attached hydrogens (tertiary/aromatic N) is 21. The van der Waals surface area contributed by atoms with Gasteiger partial charge in [-0.3, -0.25) is 4.79 Å². The summed E-state index contributed by atoms with van der Waals surface area (Å²) in [7, 11) is 5.91. The van der Waals surface area contributed by atoms with Crippen molar-refractivity contribution in [1.82, 2.24) is 99.1 Å². The molecule has 6 aromatic carbocycles. The van der Waals surface area contributed by atoms with Gasteiger partial charge in [0.15, 0.2) is 17.5 Å². The van der Waals surface area contributed by atoms with Gasteiger partial charge < -0.3 is 79.7 Å². The number of fused-ring (bicyclic) bond motifs is 6. The third-order valence-electron chi connectivity index (χ3n) is 20.8. The number of anilines is 9. The highest BCUT2D eigenvalue weighted by Gasteiger charge is 2.28. The van der Waals surface area contributed by atoms with Gasteiger partial charge in [0.25, 0.3) is 0 Å². The van der Waals surface area contributed by atoms with Crippen LogP contribution in [0.1, 0.15) is 76.0 Å². The number of nitrogens with two attached hydrogens (primary N) is 1. The lowest BCUT2D eigenvalue weighted by Gasteiger charge is -2.32. The number of piperidine rings is 3. The number of rotatable bonds is 18. The zero-order valence-electron chi connectivity index (χ0n) is 67.5. The summed E-state index contributed by atoms with van der Waals surface area (Å²) >= 11 is 0. The normalized spacial score (nSPS) is 14.2. The first-order valence-electron chi connectivity index (χ1n) is 39.4. The maximum absolute atomic E-state index is 12.2. The van der Waals surface area contributed by atoms with Gasteiger partial charge in [-0.15, -0.1) is 0 Å². The van der Waals surface area contributed by atoms with Gasteiger partial charge in [0.2, 0.25) is 23.8 Å². The molecular weight excluding hydrogens is 1510 g/mol. The third kappa shape index (κ3) is 18.5. The number of amides is 2. The summed E-state index contributed by atoms with van der Waals surface area (Å²) in [4.78, 5) is 98.0. The van der Waals surface area contributed by atoms with Crippen molar-refractivity contribution in [3.63, 3.8) is 0 Å². The van der Waals surface area contributed by atoms with Crippen LogP contribution in [0.25, 0.3) is 66.2 Å². The predicted molar refractivity (Wildman–Crippen MR) is 459 cm³/mol. The molecule has 0 saturated carbocycles. The lowest BCUT2D eigenvalue weighted by atomic mass is 10.1. The first-order chi connectivity index (χ1) is 57.6. The largest absolute Gasteiger partial charge is 0.457 e. The Morgan fingerprint density at radius 2 is 0.765 bits per heavy atom. The fraction of sp³-hybridized carbons (Fsp3) is 0.291. The molecule has 0 atom stereocenters. The van der Waals surface area contributed by atoms with Crippen molar-refractivity contribution in [3.8, 4) is 34.5 Å². The predicted octanol–water partition coefficient (Wildman–Crippen LogP) is 14.1. The van der Waals surface area contributed by atoms with E-state index in [9.17, 15) is 9.59 Å². The smallest absolute Gasteiger partial charge is 0.407 e. The molecule has 3 saturated heterocycles. The summed E-state index contributed by atoms with van der Waals surface area (Å²) in [5.74, 6) is 8.05. The van der Waals surface area contributed by atoms with Crippen LogP contribution in [0.2, 0.25) is 0 Å². The van der Waals surface area contributed by atoms with Gasteiger partial charge in [0, 0.05) is 114 Å². The van der Waals surface area contributed by atoms with E-state index in [1.54, 1.807) is 37.6 Å². The van der Waals surface area contributed by atoms with E-state index < -0.39 is 5.60 Å². The molecule has 0 aliphatic carbocycles. The molecule has 33 nitrogen and oxygen atoms in total. The molecule has 0 spiro atoms. The van der Waals surface area contributed by atoms with Crippen molar-refractivity contribution >= 4 is 131 Å². The summed E-state index contributed by atoms with van der Waals surface area (Å²) in [5, 5.41) is 16.1. The molecule has 2 amide bonds. The average molecular weight is 1600 g/mol. The number of nitrogens with one attached hydrogen (secondary N) is 5. The Balaban J connectivity index is 0.000000134. The van der Waals surface area contributed by atoms with Crippen molar-refractivity contribution in [3.05, 3.63) is 195 Å². The lowest BCUT2D eigenvalue weighted by molar-refractivity contribution is -0.117. The zero-order chi connectivity index (χ0) is 82.4. The Morgan fingerprint density at radius 3 is 1.09 bits per heavy atom. The number of hydrogen-bond donors (Lipinski definition) is 6. The molecule has 0 radical (unpaired) electrons. The Kier molecular flexibility index (Phi) is 22.6. The zero-order valence-corrected chi connectivity index (χ0v) is 67.5. The average Bonchev–Trinajstić information content (AvgIpc) is 1.77. The number of benzene rings is 6. The minimum Gasteiger partial charge on any atom is -0.457 e. The fourth-order valence-electron chi connectivity index (χ4n) is 14.4. The molecule has 7 N–H and O–H groups in total. The van der Waals surface area contributed by atoms with Crippen LogP contribution in [0, 0.1) is 20.8 Å². The summed E-state index contributed by atoms with van der Waals surface area (Å²) in [6.45, 7) is 19.7. The van der Waals surface area contributed by atoms with Gasteiger partial charge in [-0.25, -0.2) is 79.6 Å². The minimum absolute atomic E-state index is 0.0419. The van der Waals surface area contributed by atoms with Crippen molar-refractivity contribution in [2.75, 3.05) is 69.9 Å². The molecule has 0 bridgehead atoms. The Hall–Kier alpha value is -14.4. The van der Waals surface area contributed by atoms with E-state index in [1.165, 1.54) is 25.1 Å². The van der Waals surface area contributed by atoms with Crippen LogP contribution in [0.5, 0.6) is 34.5 Å². The maximum Gasteiger partial charge on any atom is 0.407 e. The first-order valence-corrected chi connectivity index (χ1v) is 39.4. The Morgan fingerprint density at radius 1 is 0.429 bits per heavy atom. The van der Waals surface area contributed by atoms with Crippen molar-refractivity contribution in [2.45, 2.75) is 104 Å². The second-order valence-corrected chi connectivity index (χ2v) is 30.7. The van der Waals surface area contributed by atoms with E-state index in [4.69, 9.17) is 39.6 Å². The molecule has 0 unspecified atom stereocenters. The number of aryl methyl sites for hydroxylation is 6. The quantitative estimate of drug-likeness (QED) is 0.0435. The Labute approximate surface area is 685 Å². The third-order valence-corrected chi connectivity index (χ3v) is 20.8. The molecule has 3 aliphatic rings. The van der Waals surface area contributed by atoms with E-state index >= 15 is 0 Å². The number of carbonyl (C=O) groups is 2. The summed E-state index contributed by atoms with van der Waals surface area (Å²) < 4.78 is 29.8. The van der Waals surface area contributed by atoms with Gasteiger partial charge in [-0.2, -0.15) is 0 Å². The van der Waals surface area contributed by atoms with Gasteiger partial charge in [0.1, 0.15) is 92.2 Å². The fourth-order valence-corrected chi connectivity index (χ4v) is 14.4. The number of carbonyl (C=O) groups excluding carboxylic acids is 2. The molecular formula is C86H91N27O6. The van der Waals surface area contributed by atoms with E-state index in [0.717, 1.165) is 166 Å². The summed E-state index contributed by atoms with van der Waals surface area (Å²) in [5.41, 5.74) is 20.8. The molecule has 33 heteroatoms. The monoisotopic (exact) mass is 1600 g/mol. The number of imidazole rings is 3. The van der Waals surface area contributed by atoms with E-state index in [2.05, 4.69) is 108 Å². The number of hydrogen-bond acceptors (Lipinski definition) is 28. The van der Waals surface area contributed by atoms with Crippen molar-refractivity contribution in [1.29, 1.82) is 0 Å². The molecule has 15 aromatic rings. The van der Waals surface area contributed by atoms with Crippen molar-refractivity contribution < 1.29 is 28.5 Å². The summed E-state index contributed by atoms with van der Waals surface area (Å²) in [6, 6.07) is 35.8. The minimum atomic E-state index is -0.526. The molecule has 119 heavy (non-hydrogen) atoms. The second kappa shape index (κ2) is 34.2. The lowest BCUT2D eigenvalue weighted by Crippen LogP contribution is -2.46. The highest BCUT2D eigenvalue weighted by atomic mass is 16.6. The van der Waals surface area contributed by atoms with Crippen LogP contribution < -0.4 is 61.2 Å². The van der Waals surface area contributed by atoms with Crippen LogP contribution in [-0.2, 0) is 30.7 Å².